The number of halogens is 1. The van der Waals surface area contributed by atoms with Gasteiger partial charge < -0.3 is 4.98 Å². The van der Waals surface area contributed by atoms with Crippen LogP contribution in [0.2, 0.25) is 4.34 Å². The number of fused-ring (bicyclic) bond motifs is 1. The van der Waals surface area contributed by atoms with E-state index in [1.165, 1.54) is 24.5 Å². The molecule has 3 heterocycles. The number of nitrogens with zero attached hydrogens (tertiary/aromatic N) is 3. The molecule has 0 fully saturated rings. The number of Topliss-reactive ketones (excluding diaryl/α,β-unsaturated/α-hetero) is 1. The second-order valence-electron chi connectivity index (χ2n) is 7.02. The highest BCUT2D eigenvalue weighted by atomic mass is 35.5. The summed E-state index contributed by atoms with van der Waals surface area (Å²) in [6, 6.07) is 7.86. The van der Waals surface area contributed by atoms with E-state index in [1.54, 1.807) is 18.2 Å². The molecular weight excluding hydrogens is 476 g/mol. The van der Waals surface area contributed by atoms with E-state index in [1.807, 2.05) is 6.92 Å². The zero-order valence-electron chi connectivity index (χ0n) is 16.5. The number of carbonyl (C=O) groups is 1. The van der Waals surface area contributed by atoms with Crippen molar-refractivity contribution in [2.45, 2.75) is 17.6 Å². The summed E-state index contributed by atoms with van der Waals surface area (Å²) in [5.74, 6) is -1.29. The maximum absolute atomic E-state index is 12.8. The molecule has 1 aromatic carbocycles. The highest BCUT2D eigenvalue weighted by Crippen LogP contribution is 2.26. The van der Waals surface area contributed by atoms with Crippen molar-refractivity contribution in [3.05, 3.63) is 79.2 Å². The predicted octanol–water partition coefficient (Wildman–Crippen LogP) is 2.08. The molecule has 0 spiro atoms. The number of benzene rings is 1. The summed E-state index contributed by atoms with van der Waals surface area (Å²) in [7, 11) is -3.80. The number of rotatable bonds is 6. The van der Waals surface area contributed by atoms with E-state index in [2.05, 4.69) is 15.0 Å². The Balaban J connectivity index is 1.56. The predicted molar refractivity (Wildman–Crippen MR) is 121 cm³/mol. The molecule has 1 N–H and O–H groups in total. The monoisotopic (exact) mass is 490 g/mol. The number of H-pyrrole nitrogens is 1. The normalized spacial score (nSPS) is 11.7. The minimum absolute atomic E-state index is 0.0161. The molecule has 0 aliphatic rings. The number of aromatic nitrogens is 4. The Bertz CT molecular complexity index is 1570. The van der Waals surface area contributed by atoms with Gasteiger partial charge in [-0.05, 0) is 36.8 Å². The van der Waals surface area contributed by atoms with Gasteiger partial charge in [0.05, 0.1) is 39.7 Å². The van der Waals surface area contributed by atoms with Gasteiger partial charge in [0, 0.05) is 0 Å². The molecule has 0 amide bonds. The van der Waals surface area contributed by atoms with Crippen molar-refractivity contribution < 1.29 is 13.2 Å². The fraction of sp³-hybridized carbons (Fsp3) is 0.150. The average Bonchev–Trinajstić information content (AvgIpc) is 3.16. The number of carbonyl (C=O) groups excluding carboxylic acids is 1. The molecule has 0 radical (unpaired) electrons. The van der Waals surface area contributed by atoms with Gasteiger partial charge >= 0.3 is 5.69 Å². The lowest BCUT2D eigenvalue weighted by Gasteiger charge is -2.07. The Morgan fingerprint density at radius 1 is 1.16 bits per heavy atom. The van der Waals surface area contributed by atoms with Crippen molar-refractivity contribution in [1.29, 1.82) is 0 Å². The van der Waals surface area contributed by atoms with E-state index >= 15 is 0 Å². The molecule has 0 aliphatic carbocycles. The summed E-state index contributed by atoms with van der Waals surface area (Å²) >= 11 is 6.64. The first kappa shape index (κ1) is 22.1. The van der Waals surface area contributed by atoms with Crippen LogP contribution in [0, 0.1) is 6.92 Å². The molecule has 4 aromatic rings. The number of sulfone groups is 1. The van der Waals surface area contributed by atoms with Crippen molar-refractivity contribution >= 4 is 49.5 Å². The van der Waals surface area contributed by atoms with Crippen LogP contribution in [-0.2, 0) is 21.1 Å². The third-order valence-electron chi connectivity index (χ3n) is 4.56. The van der Waals surface area contributed by atoms with Crippen molar-refractivity contribution in [3.63, 3.8) is 0 Å². The Kier molecular flexibility index (Phi) is 5.80. The van der Waals surface area contributed by atoms with Gasteiger partial charge in [-0.25, -0.2) is 22.8 Å². The molecule has 0 aliphatic heterocycles. The minimum atomic E-state index is -3.80. The lowest BCUT2D eigenvalue weighted by atomic mass is 10.2. The van der Waals surface area contributed by atoms with Crippen LogP contribution >= 0.6 is 22.9 Å². The van der Waals surface area contributed by atoms with Gasteiger partial charge in [-0.1, -0.05) is 17.7 Å². The van der Waals surface area contributed by atoms with Crippen LogP contribution in [0.4, 0.5) is 0 Å². The van der Waals surface area contributed by atoms with E-state index in [-0.39, 0.29) is 22.1 Å². The SMILES string of the molecule is Cc1ccc2c(=O)n(-c3cnc(CC(=O)CS(=O)(=O)c4ccc(Cl)s4)cn3)c(=O)[nH]c2c1. The van der Waals surface area contributed by atoms with E-state index < -0.39 is 32.6 Å². The van der Waals surface area contributed by atoms with Crippen LogP contribution < -0.4 is 11.2 Å². The van der Waals surface area contributed by atoms with Crippen LogP contribution in [0.1, 0.15) is 11.3 Å². The molecule has 12 heteroatoms. The topological polar surface area (TPSA) is 132 Å². The molecule has 0 saturated carbocycles. The lowest BCUT2D eigenvalue weighted by Crippen LogP contribution is -2.34. The first-order valence-electron chi connectivity index (χ1n) is 9.21. The number of aryl methyl sites for hydroxylation is 1. The van der Waals surface area contributed by atoms with E-state index in [0.29, 0.717) is 15.2 Å². The van der Waals surface area contributed by atoms with Gasteiger partial charge in [-0.2, -0.15) is 0 Å². The number of thiophene rings is 1. The van der Waals surface area contributed by atoms with Crippen molar-refractivity contribution in [3.8, 4) is 5.82 Å². The molecule has 0 unspecified atom stereocenters. The number of hydrogen-bond acceptors (Lipinski definition) is 8. The average molecular weight is 491 g/mol. The van der Waals surface area contributed by atoms with E-state index in [4.69, 9.17) is 11.6 Å². The van der Waals surface area contributed by atoms with Gasteiger partial charge in [-0.3, -0.25) is 14.6 Å². The molecule has 4 rings (SSSR count). The van der Waals surface area contributed by atoms with Crippen LogP contribution in [0.25, 0.3) is 16.7 Å². The molecule has 164 valence electrons. The minimum Gasteiger partial charge on any atom is -0.306 e. The summed E-state index contributed by atoms with van der Waals surface area (Å²) in [5, 5.41) is 0.315. The molecule has 3 aromatic heterocycles. The largest absolute Gasteiger partial charge is 0.334 e. The van der Waals surface area contributed by atoms with Gasteiger partial charge in [0.1, 0.15) is 9.96 Å². The maximum Gasteiger partial charge on any atom is 0.334 e. The van der Waals surface area contributed by atoms with Gasteiger partial charge in [0.25, 0.3) is 5.56 Å². The highest BCUT2D eigenvalue weighted by Gasteiger charge is 2.22. The molecule has 0 saturated heterocycles. The first-order valence-corrected chi connectivity index (χ1v) is 12.1. The van der Waals surface area contributed by atoms with Gasteiger partial charge in [0.2, 0.25) is 0 Å². The number of aromatic amines is 1. The smallest absolute Gasteiger partial charge is 0.306 e. The Hall–Kier alpha value is -3.15. The summed E-state index contributed by atoms with van der Waals surface area (Å²) in [6.07, 6.45) is 2.15. The van der Waals surface area contributed by atoms with Crippen molar-refractivity contribution in [1.82, 2.24) is 19.5 Å². The van der Waals surface area contributed by atoms with Crippen LogP contribution in [0.5, 0.6) is 0 Å². The second kappa shape index (κ2) is 8.41. The first-order chi connectivity index (χ1) is 15.1. The molecule has 0 atom stereocenters. The van der Waals surface area contributed by atoms with Crippen molar-refractivity contribution in [2.75, 3.05) is 5.75 Å². The quantitative estimate of drug-likeness (QED) is 0.437. The summed E-state index contributed by atoms with van der Waals surface area (Å²) in [4.78, 5) is 48.2. The zero-order chi connectivity index (χ0) is 23.0. The number of nitrogens with one attached hydrogen (secondary N) is 1. The second-order valence-corrected chi connectivity index (χ2v) is 11.0. The molecule has 32 heavy (non-hydrogen) atoms. The Morgan fingerprint density at radius 2 is 1.94 bits per heavy atom. The summed E-state index contributed by atoms with van der Waals surface area (Å²) < 4.78 is 25.8. The Morgan fingerprint density at radius 3 is 2.59 bits per heavy atom. The lowest BCUT2D eigenvalue weighted by molar-refractivity contribution is -0.116. The molecular formula is C20H15ClN4O5S2. The van der Waals surface area contributed by atoms with E-state index in [0.717, 1.165) is 21.5 Å². The van der Waals surface area contributed by atoms with Crippen LogP contribution in [0.15, 0.2) is 56.5 Å². The standard InChI is InChI=1S/C20H15ClN4O5S2/c1-11-2-3-14-15(6-11)24-20(28)25(19(14)27)17-9-22-12(8-23-17)7-13(26)10-32(29,30)18-5-4-16(21)31-18/h2-6,8-9H,7,10H2,1H3,(H,24,28). The maximum atomic E-state index is 12.8. The third-order valence-corrected chi connectivity index (χ3v) is 8.05. The fourth-order valence-corrected chi connectivity index (χ4v) is 5.91. The third kappa shape index (κ3) is 4.40. The van der Waals surface area contributed by atoms with Gasteiger partial charge in [-0.15, -0.1) is 11.3 Å². The van der Waals surface area contributed by atoms with Crippen LogP contribution in [0.3, 0.4) is 0 Å². The highest BCUT2D eigenvalue weighted by molar-refractivity contribution is 7.94. The number of hydrogen-bond donors (Lipinski definition) is 1. The van der Waals surface area contributed by atoms with Crippen molar-refractivity contribution in [2.24, 2.45) is 0 Å². The summed E-state index contributed by atoms with van der Waals surface area (Å²) in [5.41, 5.74) is 0.288. The summed E-state index contributed by atoms with van der Waals surface area (Å²) in [6.45, 7) is 1.84. The molecule has 9 nitrogen and oxygen atoms in total. The fourth-order valence-electron chi connectivity index (χ4n) is 3.10. The van der Waals surface area contributed by atoms with E-state index in [9.17, 15) is 22.8 Å². The van der Waals surface area contributed by atoms with Crippen LogP contribution in [-0.4, -0.2) is 39.5 Å². The zero-order valence-corrected chi connectivity index (χ0v) is 18.9. The Labute approximate surface area is 190 Å². The molecule has 0 bridgehead atoms. The van der Waals surface area contributed by atoms with Gasteiger partial charge in [0.15, 0.2) is 21.4 Å². The number of ketones is 1.